The van der Waals surface area contributed by atoms with Crippen LogP contribution in [0.5, 0.6) is 0 Å². The molecule has 1 amide bonds. The van der Waals surface area contributed by atoms with Crippen LogP contribution in [-0.2, 0) is 4.79 Å². The highest BCUT2D eigenvalue weighted by Crippen LogP contribution is 2.19. The van der Waals surface area contributed by atoms with Gasteiger partial charge in [-0.2, -0.15) is 0 Å². The van der Waals surface area contributed by atoms with Crippen LogP contribution in [-0.4, -0.2) is 46.1 Å². The summed E-state index contributed by atoms with van der Waals surface area (Å²) in [6.45, 7) is 4.24. The summed E-state index contributed by atoms with van der Waals surface area (Å²) in [6, 6.07) is -0.798. The second-order valence-electron chi connectivity index (χ2n) is 24.8. The Hall–Kier alpha value is -1.17. The normalized spacial score (nSPS) is 13.2. The monoisotopic (exact) mass is 1080 g/mol. The van der Waals surface area contributed by atoms with Gasteiger partial charge in [0.25, 0.3) is 0 Å². The Bertz CT molecular complexity index is 1160. The van der Waals surface area contributed by atoms with Crippen molar-refractivity contribution >= 4 is 5.91 Å². The van der Waals surface area contributed by atoms with Crippen LogP contribution < -0.4 is 5.32 Å². The van der Waals surface area contributed by atoms with Gasteiger partial charge in [0.15, 0.2) is 0 Å². The van der Waals surface area contributed by atoms with Crippen molar-refractivity contribution in [3.8, 4) is 0 Å². The number of aliphatic hydroxyl groups excluding tert-OH is 3. The molecule has 77 heavy (non-hydrogen) atoms. The maximum absolute atomic E-state index is 12.6. The fourth-order valence-electron chi connectivity index (χ4n) is 11.5. The lowest BCUT2D eigenvalue weighted by atomic mass is 10.0. The van der Waals surface area contributed by atoms with Gasteiger partial charge in [0, 0.05) is 0 Å². The van der Waals surface area contributed by atoms with Crippen LogP contribution in [0.15, 0.2) is 24.3 Å². The summed E-state index contributed by atoms with van der Waals surface area (Å²) in [6.07, 6.45) is 89.0. The third kappa shape index (κ3) is 62.3. The Morgan fingerprint density at radius 1 is 0.312 bits per heavy atom. The number of amides is 1. The van der Waals surface area contributed by atoms with Gasteiger partial charge in [-0.3, -0.25) is 4.79 Å². The van der Waals surface area contributed by atoms with E-state index in [9.17, 15) is 20.1 Å². The third-order valence-corrected chi connectivity index (χ3v) is 17.0. The summed E-state index contributed by atoms with van der Waals surface area (Å²) in [4.78, 5) is 12.6. The van der Waals surface area contributed by atoms with Gasteiger partial charge in [0.2, 0.25) is 5.91 Å². The molecule has 5 nitrogen and oxygen atoms in total. The molecular formula is C72H141NO4. The number of carbonyl (C=O) groups is 1. The van der Waals surface area contributed by atoms with Crippen molar-refractivity contribution in [2.45, 2.75) is 424 Å². The zero-order chi connectivity index (χ0) is 55.7. The number of aliphatic hydroxyl groups is 3. The van der Waals surface area contributed by atoms with Crippen LogP contribution in [0.1, 0.15) is 406 Å². The van der Waals surface area contributed by atoms with E-state index in [1.807, 2.05) is 6.08 Å². The van der Waals surface area contributed by atoms with Gasteiger partial charge in [-0.15, -0.1) is 0 Å². The highest BCUT2D eigenvalue weighted by atomic mass is 16.3. The molecular weight excluding hydrogens is 943 g/mol. The summed E-state index contributed by atoms with van der Waals surface area (Å²) in [5, 5.41) is 33.6. The predicted octanol–water partition coefficient (Wildman–Crippen LogP) is 23.1. The molecule has 0 saturated carbocycles. The van der Waals surface area contributed by atoms with E-state index in [0.29, 0.717) is 6.42 Å². The molecule has 5 heteroatoms. The SMILES string of the molecule is CCCCCCCCCCCCCCCCCCCC/C=C\CCCCCCCCCCCCCCCCCCC(O)C(=O)NC(CO)C(O)/C=C/CCCCCCCCCCCCCCCCCCCCCCCCC. The summed E-state index contributed by atoms with van der Waals surface area (Å²) in [5.41, 5.74) is 0. The summed E-state index contributed by atoms with van der Waals surface area (Å²) in [7, 11) is 0. The molecule has 0 aromatic carbocycles. The maximum atomic E-state index is 12.6. The van der Waals surface area contributed by atoms with Crippen LogP contribution in [0.2, 0.25) is 0 Å². The molecule has 0 aliphatic heterocycles. The molecule has 0 fully saturated rings. The summed E-state index contributed by atoms with van der Waals surface area (Å²) in [5.74, 6) is -0.495. The minimum absolute atomic E-state index is 0.360. The molecule has 0 aromatic rings. The lowest BCUT2D eigenvalue weighted by Gasteiger charge is -2.21. The number of nitrogens with one attached hydrogen (secondary N) is 1. The molecule has 0 bridgehead atoms. The fraction of sp³-hybridized carbons (Fsp3) is 0.931. The molecule has 0 aliphatic carbocycles. The number of rotatable bonds is 67. The van der Waals surface area contributed by atoms with Gasteiger partial charge in [0.05, 0.1) is 18.8 Å². The lowest BCUT2D eigenvalue weighted by Crippen LogP contribution is -2.48. The summed E-state index contributed by atoms with van der Waals surface area (Å²) < 4.78 is 0. The average Bonchev–Trinajstić information content (AvgIpc) is 3.43. The molecule has 458 valence electrons. The van der Waals surface area contributed by atoms with Crippen LogP contribution >= 0.6 is 0 Å². The zero-order valence-corrected chi connectivity index (χ0v) is 52.6. The number of carbonyl (C=O) groups excluding carboxylic acids is 1. The van der Waals surface area contributed by atoms with Crippen molar-refractivity contribution in [3.05, 3.63) is 24.3 Å². The van der Waals surface area contributed by atoms with Crippen LogP contribution in [0, 0.1) is 0 Å². The molecule has 0 saturated heterocycles. The van der Waals surface area contributed by atoms with Gasteiger partial charge in [-0.25, -0.2) is 0 Å². The van der Waals surface area contributed by atoms with E-state index in [2.05, 4.69) is 31.3 Å². The van der Waals surface area contributed by atoms with Crippen molar-refractivity contribution in [1.29, 1.82) is 0 Å². The van der Waals surface area contributed by atoms with Gasteiger partial charge in [-0.1, -0.05) is 385 Å². The largest absolute Gasteiger partial charge is 0.394 e. The minimum atomic E-state index is -1.10. The number of unbranched alkanes of at least 4 members (excludes halogenated alkanes) is 57. The Kier molecular flexibility index (Phi) is 66.3. The average molecular weight is 1080 g/mol. The summed E-state index contributed by atoms with van der Waals surface area (Å²) >= 11 is 0. The van der Waals surface area contributed by atoms with Crippen molar-refractivity contribution in [3.63, 3.8) is 0 Å². The van der Waals surface area contributed by atoms with Crippen molar-refractivity contribution < 1.29 is 20.1 Å². The van der Waals surface area contributed by atoms with Crippen molar-refractivity contribution in [2.24, 2.45) is 0 Å². The molecule has 0 aromatic heterocycles. The first-order valence-electron chi connectivity index (χ1n) is 35.7. The number of hydrogen-bond donors (Lipinski definition) is 4. The predicted molar refractivity (Wildman–Crippen MR) is 342 cm³/mol. The van der Waals surface area contributed by atoms with Gasteiger partial charge >= 0.3 is 0 Å². The fourth-order valence-corrected chi connectivity index (χ4v) is 11.5. The first kappa shape index (κ1) is 75.8. The van der Waals surface area contributed by atoms with Gasteiger partial charge in [0.1, 0.15) is 6.10 Å². The molecule has 4 N–H and O–H groups in total. The highest BCUT2D eigenvalue weighted by Gasteiger charge is 2.22. The van der Waals surface area contributed by atoms with Gasteiger partial charge < -0.3 is 20.6 Å². The molecule has 0 aliphatic rings. The topological polar surface area (TPSA) is 89.8 Å². The van der Waals surface area contributed by atoms with E-state index in [1.165, 1.54) is 353 Å². The lowest BCUT2D eigenvalue weighted by molar-refractivity contribution is -0.131. The third-order valence-electron chi connectivity index (χ3n) is 17.0. The Morgan fingerprint density at radius 3 is 0.753 bits per heavy atom. The molecule has 3 atom stereocenters. The highest BCUT2D eigenvalue weighted by molar-refractivity contribution is 5.80. The van der Waals surface area contributed by atoms with Crippen molar-refractivity contribution in [2.75, 3.05) is 6.61 Å². The first-order chi connectivity index (χ1) is 38.1. The smallest absolute Gasteiger partial charge is 0.249 e. The van der Waals surface area contributed by atoms with E-state index >= 15 is 0 Å². The molecule has 0 radical (unpaired) electrons. The second kappa shape index (κ2) is 67.3. The molecule has 0 heterocycles. The molecule has 3 unspecified atom stereocenters. The molecule has 0 spiro atoms. The zero-order valence-electron chi connectivity index (χ0n) is 52.6. The Balaban J connectivity index is 3.46. The maximum Gasteiger partial charge on any atom is 0.249 e. The van der Waals surface area contributed by atoms with E-state index < -0.39 is 24.2 Å². The van der Waals surface area contributed by atoms with Crippen LogP contribution in [0.25, 0.3) is 0 Å². The van der Waals surface area contributed by atoms with E-state index in [0.717, 1.165) is 32.1 Å². The van der Waals surface area contributed by atoms with E-state index in [1.54, 1.807) is 6.08 Å². The Morgan fingerprint density at radius 2 is 0.519 bits per heavy atom. The first-order valence-corrected chi connectivity index (χ1v) is 35.7. The van der Waals surface area contributed by atoms with Crippen molar-refractivity contribution in [1.82, 2.24) is 5.32 Å². The second-order valence-corrected chi connectivity index (χ2v) is 24.8. The quantitative estimate of drug-likeness (QED) is 0.0361. The molecule has 0 rings (SSSR count). The van der Waals surface area contributed by atoms with Crippen LogP contribution in [0.3, 0.4) is 0 Å². The number of allylic oxidation sites excluding steroid dienone is 3. The van der Waals surface area contributed by atoms with Crippen LogP contribution in [0.4, 0.5) is 0 Å². The Labute approximate surface area is 483 Å². The van der Waals surface area contributed by atoms with Gasteiger partial charge in [-0.05, 0) is 44.9 Å². The van der Waals surface area contributed by atoms with E-state index in [-0.39, 0.29) is 6.61 Å². The van der Waals surface area contributed by atoms with E-state index in [4.69, 9.17) is 0 Å². The standard InChI is InChI=1S/C72H141NO4/c1-3-5-7-9-11-13-15-17-19-21-23-25-27-29-30-31-32-33-34-35-36-37-38-39-40-41-43-45-47-49-51-53-55-57-59-61-63-65-67-71(76)72(77)73-69(68-74)70(75)66-64-62-60-58-56-54-52-50-48-46-44-42-28-26-24-22-20-18-16-14-12-10-8-6-4-2/h35-36,64,66,69-71,74-76H,3-34,37-63,65,67-68H2,1-2H3,(H,73,77)/b36-35-,66-64+. The number of hydrogen-bond acceptors (Lipinski definition) is 4. The minimum Gasteiger partial charge on any atom is -0.394 e.